The predicted octanol–water partition coefficient (Wildman–Crippen LogP) is 3.36. The molecule has 0 aliphatic heterocycles. The summed E-state index contributed by atoms with van der Waals surface area (Å²) in [6.07, 6.45) is 2.77. The maximum absolute atomic E-state index is 11.5. The lowest BCUT2D eigenvalue weighted by Crippen LogP contribution is -2.06. The van der Waals surface area contributed by atoms with Gasteiger partial charge in [0.25, 0.3) is 0 Å². The van der Waals surface area contributed by atoms with Crippen molar-refractivity contribution < 1.29 is 9.53 Å². The maximum atomic E-state index is 11.5. The molecule has 1 heterocycles. The molecule has 0 aliphatic carbocycles. The summed E-state index contributed by atoms with van der Waals surface area (Å²) in [5.74, 6) is -0.00573. The molecular weight excluding hydrogens is 288 g/mol. The van der Waals surface area contributed by atoms with Crippen LogP contribution in [-0.2, 0) is 11.2 Å². The highest BCUT2D eigenvalue weighted by Crippen LogP contribution is 2.26. The molecule has 0 fully saturated rings. The minimum Gasteiger partial charge on any atom is -0.465 e. The van der Waals surface area contributed by atoms with Gasteiger partial charge in [0.15, 0.2) is 0 Å². The number of esters is 1. The first-order chi connectivity index (χ1) is 10.1. The van der Waals surface area contributed by atoms with Gasteiger partial charge in [0.1, 0.15) is 5.82 Å². The van der Waals surface area contributed by atoms with Crippen LogP contribution in [0.25, 0.3) is 0 Å². The zero-order valence-corrected chi connectivity index (χ0v) is 12.5. The number of halogens is 1. The van der Waals surface area contributed by atoms with E-state index in [4.69, 9.17) is 17.3 Å². The van der Waals surface area contributed by atoms with Crippen LogP contribution in [0.3, 0.4) is 0 Å². The van der Waals surface area contributed by atoms with Gasteiger partial charge in [0.05, 0.1) is 18.1 Å². The Hall–Kier alpha value is -2.07. The molecule has 0 saturated heterocycles. The van der Waals surface area contributed by atoms with Crippen LogP contribution in [-0.4, -0.2) is 18.1 Å². The summed E-state index contributed by atoms with van der Waals surface area (Å²) in [4.78, 5) is 15.5. The van der Waals surface area contributed by atoms with E-state index in [-0.39, 0.29) is 5.38 Å². The Morgan fingerprint density at radius 1 is 1.38 bits per heavy atom. The van der Waals surface area contributed by atoms with Crippen LogP contribution in [0.1, 0.15) is 33.3 Å². The van der Waals surface area contributed by atoms with E-state index in [9.17, 15) is 4.79 Å². The first kappa shape index (κ1) is 15.3. The van der Waals surface area contributed by atoms with E-state index in [1.54, 1.807) is 6.07 Å². The Labute approximate surface area is 128 Å². The Morgan fingerprint density at radius 3 is 2.76 bits per heavy atom. The van der Waals surface area contributed by atoms with E-state index in [0.29, 0.717) is 24.2 Å². The summed E-state index contributed by atoms with van der Waals surface area (Å²) in [6.45, 7) is 0. The molecule has 0 aliphatic rings. The van der Waals surface area contributed by atoms with Crippen LogP contribution >= 0.6 is 11.6 Å². The van der Waals surface area contributed by atoms with E-state index < -0.39 is 5.97 Å². The second kappa shape index (κ2) is 7.09. The van der Waals surface area contributed by atoms with Gasteiger partial charge in [-0.25, -0.2) is 9.78 Å². The minimum absolute atomic E-state index is 0.104. The van der Waals surface area contributed by atoms with Crippen molar-refractivity contribution in [3.8, 4) is 0 Å². The molecule has 110 valence electrons. The van der Waals surface area contributed by atoms with Crippen LogP contribution in [0.4, 0.5) is 5.82 Å². The molecule has 4 nitrogen and oxygen atoms in total. The molecule has 1 aromatic carbocycles. The number of alkyl halides is 1. The number of anilines is 1. The van der Waals surface area contributed by atoms with Gasteiger partial charge in [-0.3, -0.25) is 0 Å². The van der Waals surface area contributed by atoms with Crippen molar-refractivity contribution in [3.05, 3.63) is 59.3 Å². The molecule has 5 heteroatoms. The van der Waals surface area contributed by atoms with Crippen LogP contribution in [0.5, 0.6) is 0 Å². The molecule has 0 spiro atoms. The monoisotopic (exact) mass is 304 g/mol. The number of rotatable bonds is 5. The number of ether oxygens (including phenoxy) is 1. The number of methoxy groups -OCH3 is 1. The number of nitrogens with zero attached hydrogens (tertiary/aromatic N) is 1. The third kappa shape index (κ3) is 3.95. The third-order valence-electron chi connectivity index (χ3n) is 3.25. The van der Waals surface area contributed by atoms with Crippen molar-refractivity contribution in [1.82, 2.24) is 4.98 Å². The Bertz CT molecular complexity index is 617. The fourth-order valence-corrected chi connectivity index (χ4v) is 2.32. The summed E-state index contributed by atoms with van der Waals surface area (Å²) in [5.41, 5.74) is 8.12. The number of hydrogen-bond donors (Lipinski definition) is 1. The third-order valence-corrected chi connectivity index (χ3v) is 3.72. The fourth-order valence-electron chi connectivity index (χ4n) is 2.06. The predicted molar refractivity (Wildman–Crippen MR) is 83.3 cm³/mol. The van der Waals surface area contributed by atoms with Crippen molar-refractivity contribution >= 4 is 23.4 Å². The Morgan fingerprint density at radius 2 is 2.10 bits per heavy atom. The lowest BCUT2D eigenvalue weighted by Gasteiger charge is -2.11. The van der Waals surface area contributed by atoms with Gasteiger partial charge in [-0.15, -0.1) is 11.6 Å². The van der Waals surface area contributed by atoms with Crippen LogP contribution in [0.2, 0.25) is 0 Å². The number of nitrogen functional groups attached to an aromatic ring is 1. The van der Waals surface area contributed by atoms with E-state index in [0.717, 1.165) is 11.1 Å². The second-order valence-corrected chi connectivity index (χ2v) is 5.20. The van der Waals surface area contributed by atoms with Crippen molar-refractivity contribution in [1.29, 1.82) is 0 Å². The van der Waals surface area contributed by atoms with Gasteiger partial charge in [0, 0.05) is 6.20 Å². The Balaban J connectivity index is 2.07. The first-order valence-corrected chi connectivity index (χ1v) is 7.07. The first-order valence-electron chi connectivity index (χ1n) is 6.63. The highest BCUT2D eigenvalue weighted by Gasteiger charge is 2.12. The molecule has 2 aromatic rings. The summed E-state index contributed by atoms with van der Waals surface area (Å²) in [6, 6.07) is 11.6. The number of pyridine rings is 1. The number of carbonyl (C=O) groups excluding carboxylic acids is 1. The zero-order chi connectivity index (χ0) is 15.2. The number of benzene rings is 1. The number of hydrogen-bond acceptors (Lipinski definition) is 4. The van der Waals surface area contributed by atoms with E-state index in [1.165, 1.54) is 13.3 Å². The normalized spacial score (nSPS) is 11.9. The second-order valence-electron chi connectivity index (χ2n) is 4.68. The average Bonchev–Trinajstić information content (AvgIpc) is 2.53. The van der Waals surface area contributed by atoms with Crippen molar-refractivity contribution in [2.24, 2.45) is 0 Å². The van der Waals surface area contributed by atoms with Gasteiger partial charge in [-0.05, 0) is 30.0 Å². The minimum atomic E-state index is -0.422. The Kier molecular flexibility index (Phi) is 5.17. The highest BCUT2D eigenvalue weighted by molar-refractivity contribution is 6.20. The molecule has 21 heavy (non-hydrogen) atoms. The SMILES string of the molecule is COC(=O)c1cnc(N)c(CCC(Cl)c2ccccc2)c1. The van der Waals surface area contributed by atoms with Crippen molar-refractivity contribution in [3.63, 3.8) is 0 Å². The zero-order valence-electron chi connectivity index (χ0n) is 11.8. The molecule has 2 rings (SSSR count). The van der Waals surface area contributed by atoms with Crippen molar-refractivity contribution in [2.45, 2.75) is 18.2 Å². The largest absolute Gasteiger partial charge is 0.465 e. The molecule has 2 N–H and O–H groups in total. The van der Waals surface area contributed by atoms with Gasteiger partial charge in [-0.2, -0.15) is 0 Å². The van der Waals surface area contributed by atoms with E-state index in [2.05, 4.69) is 9.72 Å². The molecule has 0 radical (unpaired) electrons. The summed E-state index contributed by atoms with van der Waals surface area (Å²) >= 11 is 6.39. The number of aryl methyl sites for hydroxylation is 1. The molecule has 1 unspecified atom stereocenters. The lowest BCUT2D eigenvalue weighted by molar-refractivity contribution is 0.0600. The number of nitrogens with two attached hydrogens (primary N) is 1. The van der Waals surface area contributed by atoms with Gasteiger partial charge >= 0.3 is 5.97 Å². The summed E-state index contributed by atoms with van der Waals surface area (Å²) in [7, 11) is 1.34. The van der Waals surface area contributed by atoms with Gasteiger partial charge in [-0.1, -0.05) is 30.3 Å². The molecule has 1 aromatic heterocycles. The number of carbonyl (C=O) groups is 1. The summed E-state index contributed by atoms with van der Waals surface area (Å²) in [5, 5.41) is -0.104. The maximum Gasteiger partial charge on any atom is 0.339 e. The topological polar surface area (TPSA) is 65.2 Å². The van der Waals surface area contributed by atoms with Gasteiger partial charge in [0.2, 0.25) is 0 Å². The molecular formula is C16H17ClN2O2. The highest BCUT2D eigenvalue weighted by atomic mass is 35.5. The van der Waals surface area contributed by atoms with Crippen LogP contribution in [0.15, 0.2) is 42.6 Å². The number of aromatic nitrogens is 1. The molecule has 0 bridgehead atoms. The molecule has 1 atom stereocenters. The standard InChI is InChI=1S/C16H17ClN2O2/c1-21-16(20)13-9-12(15(18)19-10-13)7-8-14(17)11-5-3-2-4-6-11/h2-6,9-10,14H,7-8H2,1H3,(H2,18,19). The van der Waals surface area contributed by atoms with Crippen LogP contribution in [0, 0.1) is 0 Å². The van der Waals surface area contributed by atoms with E-state index >= 15 is 0 Å². The summed E-state index contributed by atoms with van der Waals surface area (Å²) < 4.78 is 4.68. The van der Waals surface area contributed by atoms with Gasteiger partial charge < -0.3 is 10.5 Å². The molecule has 0 saturated carbocycles. The van der Waals surface area contributed by atoms with E-state index in [1.807, 2.05) is 30.3 Å². The van der Waals surface area contributed by atoms with Crippen LogP contribution < -0.4 is 5.73 Å². The quantitative estimate of drug-likeness (QED) is 0.679. The molecule has 0 amide bonds. The lowest BCUT2D eigenvalue weighted by atomic mass is 10.0. The van der Waals surface area contributed by atoms with Crippen molar-refractivity contribution in [2.75, 3.05) is 12.8 Å². The fraction of sp³-hybridized carbons (Fsp3) is 0.250. The smallest absolute Gasteiger partial charge is 0.339 e. The average molecular weight is 305 g/mol.